The van der Waals surface area contributed by atoms with Gasteiger partial charge in [-0.25, -0.2) is 13.6 Å². The standard InChI is InChI=1S/C20H21F2NO4/c1-20(2,3)27-19(24)23-16-11-15(10-13-8-9-25-17(13)16)26-14-6-4-12(5-7-14)18(21)22/h4-7,10-11,18H,8-9H2,1-3H3,(H,23,24). The summed E-state index contributed by atoms with van der Waals surface area (Å²) in [4.78, 5) is 12.1. The Balaban J connectivity index is 1.81. The number of ether oxygens (including phenoxy) is 3. The summed E-state index contributed by atoms with van der Waals surface area (Å²) in [6.07, 6.45) is -2.45. The number of carbonyl (C=O) groups is 1. The summed E-state index contributed by atoms with van der Waals surface area (Å²) in [6, 6.07) is 9.02. The van der Waals surface area contributed by atoms with E-state index in [1.165, 1.54) is 24.3 Å². The van der Waals surface area contributed by atoms with E-state index in [4.69, 9.17) is 14.2 Å². The molecule has 5 nitrogen and oxygen atoms in total. The van der Waals surface area contributed by atoms with Crippen LogP contribution < -0.4 is 14.8 Å². The first-order chi connectivity index (χ1) is 12.7. The van der Waals surface area contributed by atoms with E-state index in [-0.39, 0.29) is 5.56 Å². The molecule has 0 fully saturated rings. The minimum Gasteiger partial charge on any atom is -0.491 e. The molecule has 3 rings (SSSR count). The lowest BCUT2D eigenvalue weighted by molar-refractivity contribution is 0.0635. The van der Waals surface area contributed by atoms with Gasteiger partial charge in [-0.15, -0.1) is 0 Å². The lowest BCUT2D eigenvalue weighted by atomic mass is 10.1. The second kappa shape index (κ2) is 7.42. The lowest BCUT2D eigenvalue weighted by Gasteiger charge is -2.20. The summed E-state index contributed by atoms with van der Waals surface area (Å²) < 4.78 is 42.0. The van der Waals surface area contributed by atoms with Crippen molar-refractivity contribution in [2.75, 3.05) is 11.9 Å². The van der Waals surface area contributed by atoms with Crippen molar-refractivity contribution in [2.45, 2.75) is 39.2 Å². The number of nitrogens with one attached hydrogen (secondary N) is 1. The second-order valence-corrected chi connectivity index (χ2v) is 7.16. The van der Waals surface area contributed by atoms with Crippen LogP contribution in [0.3, 0.4) is 0 Å². The van der Waals surface area contributed by atoms with Crippen molar-refractivity contribution in [1.29, 1.82) is 0 Å². The van der Waals surface area contributed by atoms with E-state index in [0.717, 1.165) is 5.56 Å². The molecular formula is C20H21F2NO4. The minimum absolute atomic E-state index is 0.0722. The van der Waals surface area contributed by atoms with Gasteiger partial charge < -0.3 is 14.2 Å². The molecule has 2 aromatic rings. The average molecular weight is 377 g/mol. The highest BCUT2D eigenvalue weighted by atomic mass is 19.3. The van der Waals surface area contributed by atoms with Crippen molar-refractivity contribution >= 4 is 11.8 Å². The van der Waals surface area contributed by atoms with Gasteiger partial charge in [0.1, 0.15) is 22.8 Å². The Morgan fingerprint density at radius 2 is 1.85 bits per heavy atom. The Kier molecular flexibility index (Phi) is 5.21. The topological polar surface area (TPSA) is 56.8 Å². The third-order valence-electron chi connectivity index (χ3n) is 3.76. The summed E-state index contributed by atoms with van der Waals surface area (Å²) in [5.41, 5.74) is 0.632. The van der Waals surface area contributed by atoms with Crippen LogP contribution in [0.2, 0.25) is 0 Å². The van der Waals surface area contributed by atoms with Crippen LogP contribution in [0.5, 0.6) is 17.2 Å². The van der Waals surface area contributed by atoms with E-state index in [1.54, 1.807) is 26.8 Å². The van der Waals surface area contributed by atoms with Crippen LogP contribution in [0.15, 0.2) is 36.4 Å². The van der Waals surface area contributed by atoms with Gasteiger partial charge in [-0.1, -0.05) is 0 Å². The Bertz CT molecular complexity index is 829. The molecule has 1 heterocycles. The summed E-state index contributed by atoms with van der Waals surface area (Å²) in [6.45, 7) is 5.83. The molecule has 0 unspecified atom stereocenters. The normalized spacial score (nSPS) is 13.1. The summed E-state index contributed by atoms with van der Waals surface area (Å²) >= 11 is 0. The molecule has 0 bridgehead atoms. The van der Waals surface area contributed by atoms with E-state index in [0.29, 0.717) is 36.0 Å². The van der Waals surface area contributed by atoms with E-state index in [2.05, 4.69) is 5.32 Å². The zero-order valence-corrected chi connectivity index (χ0v) is 15.3. The van der Waals surface area contributed by atoms with Crippen molar-refractivity contribution in [2.24, 2.45) is 0 Å². The fraction of sp³-hybridized carbons (Fsp3) is 0.350. The highest BCUT2D eigenvalue weighted by molar-refractivity contribution is 5.88. The second-order valence-electron chi connectivity index (χ2n) is 7.16. The minimum atomic E-state index is -2.53. The van der Waals surface area contributed by atoms with Gasteiger partial charge in [0.25, 0.3) is 6.43 Å². The zero-order valence-electron chi connectivity index (χ0n) is 15.3. The first-order valence-corrected chi connectivity index (χ1v) is 8.57. The predicted molar refractivity (Wildman–Crippen MR) is 97.0 cm³/mol. The molecule has 1 aliphatic heterocycles. The van der Waals surface area contributed by atoms with Gasteiger partial charge in [0.2, 0.25) is 0 Å². The molecule has 27 heavy (non-hydrogen) atoms. The molecule has 2 aromatic carbocycles. The number of carbonyl (C=O) groups excluding carboxylic acids is 1. The maximum absolute atomic E-state index is 12.7. The van der Waals surface area contributed by atoms with E-state index < -0.39 is 18.1 Å². The van der Waals surface area contributed by atoms with E-state index in [9.17, 15) is 13.6 Å². The Morgan fingerprint density at radius 3 is 2.48 bits per heavy atom. The Labute approximate surface area is 156 Å². The first kappa shape index (κ1) is 18.9. The fourth-order valence-electron chi connectivity index (χ4n) is 2.66. The Hall–Kier alpha value is -2.83. The molecule has 0 spiro atoms. The maximum atomic E-state index is 12.7. The third-order valence-corrected chi connectivity index (χ3v) is 3.76. The van der Waals surface area contributed by atoms with Crippen LogP contribution >= 0.6 is 0 Å². The monoisotopic (exact) mass is 377 g/mol. The van der Waals surface area contributed by atoms with Gasteiger partial charge in [-0.3, -0.25) is 5.32 Å². The number of amides is 1. The fourth-order valence-corrected chi connectivity index (χ4v) is 2.66. The quantitative estimate of drug-likeness (QED) is 0.743. The number of rotatable bonds is 4. The molecule has 0 radical (unpaired) electrons. The number of benzene rings is 2. The predicted octanol–water partition coefficient (Wildman–Crippen LogP) is 5.70. The molecule has 0 aromatic heterocycles. The number of hydrogen-bond donors (Lipinski definition) is 1. The van der Waals surface area contributed by atoms with Gasteiger partial charge in [0, 0.05) is 23.6 Å². The van der Waals surface area contributed by atoms with Gasteiger partial charge in [-0.2, -0.15) is 0 Å². The smallest absolute Gasteiger partial charge is 0.412 e. The van der Waals surface area contributed by atoms with Crippen molar-refractivity contribution in [3.05, 3.63) is 47.5 Å². The van der Waals surface area contributed by atoms with Crippen LogP contribution in [-0.4, -0.2) is 18.3 Å². The van der Waals surface area contributed by atoms with Crippen LogP contribution in [0.4, 0.5) is 19.3 Å². The maximum Gasteiger partial charge on any atom is 0.412 e. The van der Waals surface area contributed by atoms with Crippen molar-refractivity contribution in [3.8, 4) is 17.2 Å². The molecule has 0 saturated carbocycles. The van der Waals surface area contributed by atoms with Gasteiger partial charge >= 0.3 is 6.09 Å². The summed E-state index contributed by atoms with van der Waals surface area (Å²) in [5.74, 6) is 1.47. The van der Waals surface area contributed by atoms with Crippen LogP contribution in [0, 0.1) is 0 Å². The molecule has 1 N–H and O–H groups in total. The third kappa shape index (κ3) is 4.87. The van der Waals surface area contributed by atoms with Crippen LogP contribution in [0.1, 0.15) is 38.3 Å². The molecule has 144 valence electrons. The van der Waals surface area contributed by atoms with Gasteiger partial charge in [0.05, 0.1) is 12.3 Å². The number of halogens is 2. The van der Waals surface area contributed by atoms with E-state index in [1.807, 2.05) is 6.07 Å². The molecule has 0 aliphatic carbocycles. The van der Waals surface area contributed by atoms with Gasteiger partial charge in [0.15, 0.2) is 0 Å². The molecular weight excluding hydrogens is 356 g/mol. The lowest BCUT2D eigenvalue weighted by Crippen LogP contribution is -2.27. The zero-order chi connectivity index (χ0) is 19.6. The highest BCUT2D eigenvalue weighted by Gasteiger charge is 2.22. The SMILES string of the molecule is CC(C)(C)OC(=O)Nc1cc(Oc2ccc(C(F)F)cc2)cc2c1OCC2. The number of alkyl halides is 2. The molecule has 1 amide bonds. The number of hydrogen-bond acceptors (Lipinski definition) is 4. The Morgan fingerprint density at radius 1 is 1.15 bits per heavy atom. The molecule has 0 saturated heterocycles. The largest absolute Gasteiger partial charge is 0.491 e. The molecule has 0 atom stereocenters. The van der Waals surface area contributed by atoms with Crippen molar-refractivity contribution in [1.82, 2.24) is 0 Å². The average Bonchev–Trinajstić information content (AvgIpc) is 3.02. The molecule has 1 aliphatic rings. The van der Waals surface area contributed by atoms with Crippen LogP contribution in [-0.2, 0) is 11.2 Å². The van der Waals surface area contributed by atoms with Crippen LogP contribution in [0.25, 0.3) is 0 Å². The summed E-state index contributed by atoms with van der Waals surface area (Å²) in [5, 5.41) is 2.68. The molecule has 7 heteroatoms. The number of anilines is 1. The van der Waals surface area contributed by atoms with Crippen molar-refractivity contribution < 1.29 is 27.8 Å². The van der Waals surface area contributed by atoms with E-state index >= 15 is 0 Å². The van der Waals surface area contributed by atoms with Gasteiger partial charge in [-0.05, 0) is 51.1 Å². The van der Waals surface area contributed by atoms with Crippen molar-refractivity contribution in [3.63, 3.8) is 0 Å². The first-order valence-electron chi connectivity index (χ1n) is 8.57. The number of fused-ring (bicyclic) bond motifs is 1. The highest BCUT2D eigenvalue weighted by Crippen LogP contribution is 2.39. The summed E-state index contributed by atoms with van der Waals surface area (Å²) in [7, 11) is 0.